The van der Waals surface area contributed by atoms with E-state index in [0.29, 0.717) is 12.1 Å². The Morgan fingerprint density at radius 2 is 1.92 bits per heavy atom. The maximum Gasteiger partial charge on any atom is 0.239 e. The second-order valence-electron chi connectivity index (χ2n) is 7.74. The molecule has 1 unspecified atom stereocenters. The number of piperidine rings is 1. The Labute approximate surface area is 146 Å². The number of amides is 1. The van der Waals surface area contributed by atoms with Crippen molar-refractivity contribution >= 4 is 5.91 Å². The van der Waals surface area contributed by atoms with Crippen LogP contribution in [0.15, 0.2) is 30.3 Å². The van der Waals surface area contributed by atoms with Gasteiger partial charge in [-0.3, -0.25) is 9.69 Å². The lowest BCUT2D eigenvalue weighted by molar-refractivity contribution is -0.135. The molecule has 0 bridgehead atoms. The van der Waals surface area contributed by atoms with Crippen LogP contribution in [-0.2, 0) is 11.3 Å². The van der Waals surface area contributed by atoms with Crippen LogP contribution in [0, 0.1) is 5.92 Å². The zero-order chi connectivity index (χ0) is 17.1. The summed E-state index contributed by atoms with van der Waals surface area (Å²) in [5, 5.41) is 0. The van der Waals surface area contributed by atoms with Gasteiger partial charge in [0.25, 0.3) is 0 Å². The van der Waals surface area contributed by atoms with Crippen LogP contribution in [0.5, 0.6) is 0 Å². The van der Waals surface area contributed by atoms with Gasteiger partial charge in [-0.05, 0) is 37.2 Å². The number of likely N-dealkylation sites (tertiary alicyclic amines) is 1. The Morgan fingerprint density at radius 3 is 2.54 bits per heavy atom. The van der Waals surface area contributed by atoms with E-state index in [2.05, 4.69) is 35.2 Å². The van der Waals surface area contributed by atoms with E-state index >= 15 is 0 Å². The third-order valence-corrected chi connectivity index (χ3v) is 5.40. The third kappa shape index (κ3) is 4.17. The average Bonchev–Trinajstić information content (AvgIpc) is 3.44. The molecule has 4 nitrogen and oxygen atoms in total. The first kappa shape index (κ1) is 17.4. The summed E-state index contributed by atoms with van der Waals surface area (Å²) < 4.78 is 0. The molecule has 0 aromatic heterocycles. The molecule has 2 N–H and O–H groups in total. The molecule has 1 amide bonds. The number of hydrogen-bond acceptors (Lipinski definition) is 3. The second-order valence-corrected chi connectivity index (χ2v) is 7.74. The van der Waals surface area contributed by atoms with Gasteiger partial charge < -0.3 is 10.6 Å². The summed E-state index contributed by atoms with van der Waals surface area (Å²) in [4.78, 5) is 17.3. The van der Waals surface area contributed by atoms with Crippen LogP contribution in [0.4, 0.5) is 0 Å². The van der Waals surface area contributed by atoms with Gasteiger partial charge >= 0.3 is 0 Å². The van der Waals surface area contributed by atoms with Crippen molar-refractivity contribution < 1.29 is 4.79 Å². The van der Waals surface area contributed by atoms with Gasteiger partial charge in [0.15, 0.2) is 0 Å². The SMILES string of the molecule is CC(C)[C@H](N)C(=O)N1CCCC(N(Cc2ccccc2)C2CC2)C1. The smallest absolute Gasteiger partial charge is 0.239 e. The summed E-state index contributed by atoms with van der Waals surface area (Å²) in [6, 6.07) is 11.5. The number of carbonyl (C=O) groups is 1. The lowest BCUT2D eigenvalue weighted by Crippen LogP contribution is -2.54. The van der Waals surface area contributed by atoms with Crippen LogP contribution in [0.3, 0.4) is 0 Å². The Kier molecular flexibility index (Phi) is 5.57. The van der Waals surface area contributed by atoms with Crippen LogP contribution >= 0.6 is 0 Å². The van der Waals surface area contributed by atoms with Crippen LogP contribution in [0.1, 0.15) is 45.1 Å². The fourth-order valence-corrected chi connectivity index (χ4v) is 3.68. The summed E-state index contributed by atoms with van der Waals surface area (Å²) in [6.45, 7) is 6.74. The van der Waals surface area contributed by atoms with E-state index < -0.39 is 0 Å². The van der Waals surface area contributed by atoms with E-state index in [1.807, 2.05) is 18.7 Å². The summed E-state index contributed by atoms with van der Waals surface area (Å²) in [5.74, 6) is 0.326. The summed E-state index contributed by atoms with van der Waals surface area (Å²) in [5.41, 5.74) is 7.47. The van der Waals surface area contributed by atoms with Crippen molar-refractivity contribution in [1.82, 2.24) is 9.80 Å². The number of nitrogens with two attached hydrogens (primary N) is 1. The van der Waals surface area contributed by atoms with Gasteiger partial charge in [0.2, 0.25) is 5.91 Å². The number of nitrogens with zero attached hydrogens (tertiary/aromatic N) is 2. The molecule has 1 aromatic carbocycles. The summed E-state index contributed by atoms with van der Waals surface area (Å²) >= 11 is 0. The van der Waals surface area contributed by atoms with E-state index in [9.17, 15) is 4.79 Å². The third-order valence-electron chi connectivity index (χ3n) is 5.40. The fourth-order valence-electron chi connectivity index (χ4n) is 3.68. The minimum atomic E-state index is -0.368. The van der Waals surface area contributed by atoms with Gasteiger partial charge in [0.05, 0.1) is 6.04 Å². The van der Waals surface area contributed by atoms with Gasteiger partial charge in [0, 0.05) is 31.7 Å². The summed E-state index contributed by atoms with van der Waals surface area (Å²) in [7, 11) is 0. The molecule has 132 valence electrons. The molecule has 0 radical (unpaired) electrons. The van der Waals surface area contributed by atoms with Gasteiger partial charge in [-0.15, -0.1) is 0 Å². The lowest BCUT2D eigenvalue weighted by Gasteiger charge is -2.40. The van der Waals surface area contributed by atoms with Crippen molar-refractivity contribution in [2.45, 2.75) is 64.2 Å². The van der Waals surface area contributed by atoms with E-state index in [0.717, 1.165) is 26.1 Å². The van der Waals surface area contributed by atoms with Crippen molar-refractivity contribution in [3.8, 4) is 0 Å². The second kappa shape index (κ2) is 7.66. The molecule has 2 aliphatic rings. The normalized spacial score (nSPS) is 22.9. The molecule has 1 aliphatic carbocycles. The standard InChI is InChI=1S/C20H31N3O/c1-15(2)19(21)20(24)22-12-6-9-18(14-22)23(17-10-11-17)13-16-7-4-3-5-8-16/h3-5,7-8,15,17-19H,6,9-14,21H2,1-2H3/t18?,19-/m0/s1. The van der Waals surface area contributed by atoms with Gasteiger partial charge in [-0.2, -0.15) is 0 Å². The van der Waals surface area contributed by atoms with Gasteiger partial charge in [-0.1, -0.05) is 44.2 Å². The first-order valence-corrected chi connectivity index (χ1v) is 9.40. The molecule has 1 aliphatic heterocycles. The zero-order valence-electron chi connectivity index (χ0n) is 15.0. The van der Waals surface area contributed by atoms with Crippen molar-refractivity contribution in [1.29, 1.82) is 0 Å². The highest BCUT2D eigenvalue weighted by molar-refractivity contribution is 5.82. The topological polar surface area (TPSA) is 49.6 Å². The van der Waals surface area contributed by atoms with Crippen molar-refractivity contribution in [3.05, 3.63) is 35.9 Å². The molecule has 3 rings (SSSR count). The molecule has 1 heterocycles. The van der Waals surface area contributed by atoms with Crippen LogP contribution in [0.25, 0.3) is 0 Å². The van der Waals surface area contributed by atoms with Gasteiger partial charge in [-0.25, -0.2) is 0 Å². The largest absolute Gasteiger partial charge is 0.340 e. The van der Waals surface area contributed by atoms with E-state index in [1.165, 1.54) is 24.8 Å². The highest BCUT2D eigenvalue weighted by Crippen LogP contribution is 2.33. The zero-order valence-corrected chi connectivity index (χ0v) is 15.0. The van der Waals surface area contributed by atoms with Crippen LogP contribution < -0.4 is 5.73 Å². The number of hydrogen-bond donors (Lipinski definition) is 1. The van der Waals surface area contributed by atoms with Crippen LogP contribution in [-0.4, -0.2) is 46.9 Å². The minimum absolute atomic E-state index is 0.130. The molecule has 4 heteroatoms. The molecule has 24 heavy (non-hydrogen) atoms. The molecular formula is C20H31N3O. The lowest BCUT2D eigenvalue weighted by atomic mass is 9.99. The quantitative estimate of drug-likeness (QED) is 0.873. The predicted octanol–water partition coefficient (Wildman–Crippen LogP) is 2.63. The first-order valence-electron chi connectivity index (χ1n) is 9.40. The minimum Gasteiger partial charge on any atom is -0.340 e. The Balaban J connectivity index is 1.66. The number of rotatable bonds is 6. The monoisotopic (exact) mass is 329 g/mol. The van der Waals surface area contributed by atoms with Crippen molar-refractivity contribution in [3.63, 3.8) is 0 Å². The maximum absolute atomic E-state index is 12.6. The van der Waals surface area contributed by atoms with E-state index in [-0.39, 0.29) is 17.9 Å². The van der Waals surface area contributed by atoms with Crippen molar-refractivity contribution in [2.24, 2.45) is 11.7 Å². The van der Waals surface area contributed by atoms with Crippen molar-refractivity contribution in [2.75, 3.05) is 13.1 Å². The molecule has 0 spiro atoms. The fraction of sp³-hybridized carbons (Fsp3) is 0.650. The molecule has 2 fully saturated rings. The van der Waals surface area contributed by atoms with Crippen LogP contribution in [0.2, 0.25) is 0 Å². The molecular weight excluding hydrogens is 298 g/mol. The average molecular weight is 329 g/mol. The Bertz CT molecular complexity index is 541. The highest BCUT2D eigenvalue weighted by Gasteiger charge is 2.37. The summed E-state index contributed by atoms with van der Waals surface area (Å²) in [6.07, 6.45) is 4.86. The molecule has 1 saturated carbocycles. The van der Waals surface area contributed by atoms with E-state index in [4.69, 9.17) is 5.73 Å². The molecule has 2 atom stereocenters. The highest BCUT2D eigenvalue weighted by atomic mass is 16.2. The van der Waals surface area contributed by atoms with Gasteiger partial charge in [0.1, 0.15) is 0 Å². The Hall–Kier alpha value is -1.39. The number of carbonyl (C=O) groups excluding carboxylic acids is 1. The molecule has 1 aromatic rings. The predicted molar refractivity (Wildman–Crippen MR) is 97.4 cm³/mol. The van der Waals surface area contributed by atoms with E-state index in [1.54, 1.807) is 0 Å². The Morgan fingerprint density at radius 1 is 1.21 bits per heavy atom. The first-order chi connectivity index (χ1) is 11.6. The number of benzene rings is 1. The molecule has 1 saturated heterocycles. The maximum atomic E-state index is 12.6.